The standard InChI is InChI=1S/C14H19F2NO/c1-2-10(8-9-17)6-7-13(18)11-4-3-5-12(15)14(11)16/h3-5,10H,2,6-9,17H2,1H3. The van der Waals surface area contributed by atoms with Crippen LogP contribution in [0.2, 0.25) is 0 Å². The zero-order chi connectivity index (χ0) is 13.5. The zero-order valence-corrected chi connectivity index (χ0v) is 10.6. The van der Waals surface area contributed by atoms with Gasteiger partial charge in [0.1, 0.15) is 0 Å². The quantitative estimate of drug-likeness (QED) is 0.760. The predicted molar refractivity (Wildman–Crippen MR) is 67.4 cm³/mol. The summed E-state index contributed by atoms with van der Waals surface area (Å²) in [7, 11) is 0. The van der Waals surface area contributed by atoms with Crippen LogP contribution >= 0.6 is 0 Å². The summed E-state index contributed by atoms with van der Waals surface area (Å²) in [5.41, 5.74) is 5.32. The summed E-state index contributed by atoms with van der Waals surface area (Å²) in [6, 6.07) is 3.68. The van der Waals surface area contributed by atoms with Crippen LogP contribution in [0.25, 0.3) is 0 Å². The number of nitrogens with two attached hydrogens (primary N) is 1. The van der Waals surface area contributed by atoms with Gasteiger partial charge in [0.25, 0.3) is 0 Å². The Morgan fingerprint density at radius 1 is 1.33 bits per heavy atom. The number of rotatable bonds is 7. The maximum absolute atomic E-state index is 13.4. The van der Waals surface area contributed by atoms with Gasteiger partial charge in [-0.2, -0.15) is 0 Å². The average Bonchev–Trinajstić information content (AvgIpc) is 2.37. The van der Waals surface area contributed by atoms with E-state index in [-0.39, 0.29) is 17.8 Å². The molecular weight excluding hydrogens is 236 g/mol. The van der Waals surface area contributed by atoms with Gasteiger partial charge in [0.05, 0.1) is 5.56 Å². The van der Waals surface area contributed by atoms with E-state index in [9.17, 15) is 13.6 Å². The first-order valence-electron chi connectivity index (χ1n) is 6.27. The fourth-order valence-corrected chi connectivity index (χ4v) is 1.98. The van der Waals surface area contributed by atoms with Crippen molar-refractivity contribution in [2.45, 2.75) is 32.6 Å². The summed E-state index contributed by atoms with van der Waals surface area (Å²) >= 11 is 0. The molecule has 1 atom stereocenters. The maximum atomic E-state index is 13.4. The highest BCUT2D eigenvalue weighted by molar-refractivity contribution is 5.96. The van der Waals surface area contributed by atoms with Crippen molar-refractivity contribution in [2.75, 3.05) is 6.54 Å². The molecule has 100 valence electrons. The maximum Gasteiger partial charge on any atom is 0.169 e. The van der Waals surface area contributed by atoms with E-state index >= 15 is 0 Å². The van der Waals surface area contributed by atoms with Crippen molar-refractivity contribution in [3.63, 3.8) is 0 Å². The molecule has 1 aromatic carbocycles. The first kappa shape index (κ1) is 14.8. The van der Waals surface area contributed by atoms with Gasteiger partial charge < -0.3 is 5.73 Å². The molecule has 0 aliphatic carbocycles. The second kappa shape index (κ2) is 7.21. The molecule has 18 heavy (non-hydrogen) atoms. The molecule has 0 radical (unpaired) electrons. The van der Waals surface area contributed by atoms with Gasteiger partial charge in [-0.1, -0.05) is 19.4 Å². The molecule has 0 heterocycles. The lowest BCUT2D eigenvalue weighted by atomic mass is 9.94. The van der Waals surface area contributed by atoms with Gasteiger partial charge in [-0.15, -0.1) is 0 Å². The molecule has 2 nitrogen and oxygen atoms in total. The van der Waals surface area contributed by atoms with Crippen LogP contribution in [-0.4, -0.2) is 12.3 Å². The molecular formula is C14H19F2NO. The average molecular weight is 255 g/mol. The third-order valence-corrected chi connectivity index (χ3v) is 3.18. The van der Waals surface area contributed by atoms with Crippen LogP contribution in [0.5, 0.6) is 0 Å². The molecule has 1 aromatic rings. The van der Waals surface area contributed by atoms with Crippen molar-refractivity contribution >= 4 is 5.78 Å². The molecule has 0 amide bonds. The second-order valence-corrected chi connectivity index (χ2v) is 4.41. The fraction of sp³-hybridized carbons (Fsp3) is 0.500. The lowest BCUT2D eigenvalue weighted by molar-refractivity contribution is 0.0967. The molecule has 1 rings (SSSR count). The molecule has 0 saturated carbocycles. The van der Waals surface area contributed by atoms with Crippen molar-refractivity contribution in [1.29, 1.82) is 0 Å². The first-order chi connectivity index (χ1) is 8.60. The molecule has 0 aliphatic rings. The summed E-state index contributed by atoms with van der Waals surface area (Å²) in [5, 5.41) is 0. The van der Waals surface area contributed by atoms with Crippen LogP contribution in [0.4, 0.5) is 8.78 Å². The summed E-state index contributed by atoms with van der Waals surface area (Å²) in [6.07, 6.45) is 2.70. The number of hydrogen-bond donors (Lipinski definition) is 1. The molecule has 0 aromatic heterocycles. The van der Waals surface area contributed by atoms with E-state index in [1.807, 2.05) is 6.92 Å². The van der Waals surface area contributed by atoms with Gasteiger partial charge in [-0.25, -0.2) is 8.78 Å². The molecule has 2 N–H and O–H groups in total. The Labute approximate surface area is 106 Å². The third-order valence-electron chi connectivity index (χ3n) is 3.18. The lowest BCUT2D eigenvalue weighted by Gasteiger charge is -2.12. The van der Waals surface area contributed by atoms with Gasteiger partial charge in [0.2, 0.25) is 0 Å². The van der Waals surface area contributed by atoms with Gasteiger partial charge in [-0.3, -0.25) is 4.79 Å². The highest BCUT2D eigenvalue weighted by atomic mass is 19.2. The van der Waals surface area contributed by atoms with E-state index in [1.165, 1.54) is 12.1 Å². The van der Waals surface area contributed by atoms with Crippen LogP contribution in [-0.2, 0) is 0 Å². The Morgan fingerprint density at radius 3 is 2.67 bits per heavy atom. The van der Waals surface area contributed by atoms with Gasteiger partial charge in [0.15, 0.2) is 17.4 Å². The monoisotopic (exact) mass is 255 g/mol. The van der Waals surface area contributed by atoms with Crippen molar-refractivity contribution in [2.24, 2.45) is 11.7 Å². The van der Waals surface area contributed by atoms with Crippen molar-refractivity contribution in [3.05, 3.63) is 35.4 Å². The Morgan fingerprint density at radius 2 is 2.06 bits per heavy atom. The minimum Gasteiger partial charge on any atom is -0.330 e. The highest BCUT2D eigenvalue weighted by Crippen LogP contribution is 2.19. The van der Waals surface area contributed by atoms with Crippen LogP contribution in [0.15, 0.2) is 18.2 Å². The van der Waals surface area contributed by atoms with Crippen LogP contribution in [0.3, 0.4) is 0 Å². The second-order valence-electron chi connectivity index (χ2n) is 4.41. The Balaban J connectivity index is 2.62. The Bertz CT molecular complexity index is 407. The normalized spacial score (nSPS) is 12.4. The lowest BCUT2D eigenvalue weighted by Crippen LogP contribution is -2.11. The van der Waals surface area contributed by atoms with E-state index in [0.29, 0.717) is 18.9 Å². The molecule has 0 aliphatic heterocycles. The minimum absolute atomic E-state index is 0.155. The van der Waals surface area contributed by atoms with E-state index in [1.54, 1.807) is 0 Å². The Hall–Kier alpha value is -1.29. The molecule has 0 bridgehead atoms. The zero-order valence-electron chi connectivity index (χ0n) is 10.6. The summed E-state index contributed by atoms with van der Waals surface area (Å²) in [4.78, 5) is 11.8. The largest absolute Gasteiger partial charge is 0.330 e. The van der Waals surface area contributed by atoms with Crippen LogP contribution in [0.1, 0.15) is 43.0 Å². The molecule has 4 heteroatoms. The number of ketones is 1. The predicted octanol–water partition coefficient (Wildman–Crippen LogP) is 3.30. The van der Waals surface area contributed by atoms with E-state index in [2.05, 4.69) is 0 Å². The van der Waals surface area contributed by atoms with Gasteiger partial charge >= 0.3 is 0 Å². The topological polar surface area (TPSA) is 43.1 Å². The van der Waals surface area contributed by atoms with E-state index in [0.717, 1.165) is 18.9 Å². The van der Waals surface area contributed by atoms with Gasteiger partial charge in [-0.05, 0) is 37.4 Å². The molecule has 1 unspecified atom stereocenters. The van der Waals surface area contributed by atoms with Gasteiger partial charge in [0, 0.05) is 6.42 Å². The van der Waals surface area contributed by atoms with E-state index < -0.39 is 11.6 Å². The number of carbonyl (C=O) groups excluding carboxylic acids is 1. The summed E-state index contributed by atoms with van der Waals surface area (Å²) < 4.78 is 26.4. The van der Waals surface area contributed by atoms with Crippen molar-refractivity contribution in [3.8, 4) is 0 Å². The van der Waals surface area contributed by atoms with Crippen LogP contribution < -0.4 is 5.73 Å². The first-order valence-corrected chi connectivity index (χ1v) is 6.27. The molecule has 0 saturated heterocycles. The molecule has 0 spiro atoms. The molecule has 0 fully saturated rings. The highest BCUT2D eigenvalue weighted by Gasteiger charge is 2.16. The number of Topliss-reactive ketones (excluding diaryl/α,β-unsaturated/α-hetero) is 1. The summed E-state index contributed by atoms with van der Waals surface area (Å²) in [6.45, 7) is 2.62. The minimum atomic E-state index is -1.05. The van der Waals surface area contributed by atoms with Crippen molar-refractivity contribution < 1.29 is 13.6 Å². The Kier molecular flexibility index (Phi) is 5.92. The number of carbonyl (C=O) groups is 1. The van der Waals surface area contributed by atoms with Crippen molar-refractivity contribution in [1.82, 2.24) is 0 Å². The number of halogens is 2. The SMILES string of the molecule is CCC(CCN)CCC(=O)c1cccc(F)c1F. The number of hydrogen-bond acceptors (Lipinski definition) is 2. The summed E-state index contributed by atoms with van der Waals surface area (Å²) in [5.74, 6) is -2.00. The third kappa shape index (κ3) is 3.88. The van der Waals surface area contributed by atoms with E-state index in [4.69, 9.17) is 5.73 Å². The smallest absolute Gasteiger partial charge is 0.169 e. The van der Waals surface area contributed by atoms with Crippen LogP contribution in [0, 0.1) is 17.6 Å². The fourth-order valence-electron chi connectivity index (χ4n) is 1.98. The number of benzene rings is 1.